The Morgan fingerprint density at radius 3 is 2.63 bits per heavy atom. The van der Waals surface area contributed by atoms with Gasteiger partial charge in [0.05, 0.1) is 6.04 Å². The number of nitrogens with zero attached hydrogens (tertiary/aromatic N) is 2. The third-order valence-electron chi connectivity index (χ3n) is 3.17. The van der Waals surface area contributed by atoms with Crippen molar-refractivity contribution in [2.75, 3.05) is 5.32 Å². The highest BCUT2D eigenvalue weighted by molar-refractivity contribution is 7.12. The van der Waals surface area contributed by atoms with Crippen LogP contribution in [-0.4, -0.2) is 9.55 Å². The largest absolute Gasteiger partial charge is 0.349 e. The minimum Gasteiger partial charge on any atom is -0.349 e. The number of anilines is 1. The molecular weight excluding hydrogens is 254 g/mol. The Morgan fingerprint density at radius 2 is 2.05 bits per heavy atom. The molecular formula is C15H23N3S. The van der Waals surface area contributed by atoms with Gasteiger partial charge in [-0.1, -0.05) is 13.8 Å². The topological polar surface area (TPSA) is 29.9 Å². The zero-order chi connectivity index (χ0) is 14.0. The highest BCUT2D eigenvalue weighted by Crippen LogP contribution is 2.28. The summed E-state index contributed by atoms with van der Waals surface area (Å²) in [4.78, 5) is 7.18. The van der Waals surface area contributed by atoms with Gasteiger partial charge < -0.3 is 9.88 Å². The molecule has 2 aromatic rings. The molecule has 0 aliphatic rings. The molecule has 0 aliphatic heterocycles. The minimum atomic E-state index is 0.290. The van der Waals surface area contributed by atoms with Gasteiger partial charge in [0, 0.05) is 28.7 Å². The van der Waals surface area contributed by atoms with Gasteiger partial charge in [0.15, 0.2) is 0 Å². The van der Waals surface area contributed by atoms with E-state index in [4.69, 9.17) is 0 Å². The Kier molecular flexibility index (Phi) is 4.30. The first-order chi connectivity index (χ1) is 8.97. The van der Waals surface area contributed by atoms with Gasteiger partial charge in [0.1, 0.15) is 0 Å². The molecule has 0 fully saturated rings. The summed E-state index contributed by atoms with van der Waals surface area (Å²) in [5.41, 5.74) is 1.38. The summed E-state index contributed by atoms with van der Waals surface area (Å²) in [5, 5.41) is 3.52. The van der Waals surface area contributed by atoms with Crippen LogP contribution in [0.2, 0.25) is 0 Å². The van der Waals surface area contributed by atoms with Crippen LogP contribution < -0.4 is 5.32 Å². The quantitative estimate of drug-likeness (QED) is 0.878. The molecule has 1 N–H and O–H groups in total. The molecule has 19 heavy (non-hydrogen) atoms. The highest BCUT2D eigenvalue weighted by atomic mass is 32.1. The lowest BCUT2D eigenvalue weighted by atomic mass is 10.1. The van der Waals surface area contributed by atoms with Crippen molar-refractivity contribution in [3.05, 3.63) is 33.8 Å². The fraction of sp³-hybridized carbons (Fsp3) is 0.533. The maximum Gasteiger partial charge on any atom is 0.203 e. The van der Waals surface area contributed by atoms with Crippen LogP contribution in [0.15, 0.2) is 18.5 Å². The summed E-state index contributed by atoms with van der Waals surface area (Å²) in [5.74, 6) is 1.58. The molecule has 0 aliphatic carbocycles. The second kappa shape index (κ2) is 5.78. The number of nitrogens with one attached hydrogen (secondary N) is 1. The first-order valence-electron chi connectivity index (χ1n) is 6.82. The lowest BCUT2D eigenvalue weighted by Gasteiger charge is -2.17. The second-order valence-corrected chi connectivity index (χ2v) is 6.99. The van der Waals surface area contributed by atoms with Gasteiger partial charge in [-0.15, -0.1) is 11.3 Å². The van der Waals surface area contributed by atoms with Gasteiger partial charge in [-0.2, -0.15) is 0 Å². The lowest BCUT2D eigenvalue weighted by molar-refractivity contribution is 0.524. The second-order valence-electron chi connectivity index (χ2n) is 5.53. The molecule has 0 saturated carbocycles. The fourth-order valence-corrected chi connectivity index (χ4v) is 3.36. The Morgan fingerprint density at radius 1 is 1.32 bits per heavy atom. The van der Waals surface area contributed by atoms with Gasteiger partial charge in [0.25, 0.3) is 0 Å². The molecule has 0 spiro atoms. The fourth-order valence-electron chi connectivity index (χ4n) is 2.34. The van der Waals surface area contributed by atoms with E-state index in [1.807, 2.05) is 23.7 Å². The van der Waals surface area contributed by atoms with Crippen molar-refractivity contribution in [3.8, 4) is 0 Å². The summed E-state index contributed by atoms with van der Waals surface area (Å²) < 4.78 is 2.19. The number of thiophene rings is 1. The number of aromatic nitrogens is 2. The van der Waals surface area contributed by atoms with Crippen LogP contribution in [0.1, 0.15) is 42.1 Å². The number of rotatable bonds is 5. The van der Waals surface area contributed by atoms with Gasteiger partial charge in [-0.3, -0.25) is 0 Å². The highest BCUT2D eigenvalue weighted by Gasteiger charge is 2.13. The third kappa shape index (κ3) is 3.38. The third-order valence-corrected chi connectivity index (χ3v) is 4.15. The minimum absolute atomic E-state index is 0.290. The average Bonchev–Trinajstić information content (AvgIpc) is 2.85. The van der Waals surface area contributed by atoms with E-state index in [0.29, 0.717) is 12.0 Å². The smallest absolute Gasteiger partial charge is 0.203 e. The summed E-state index contributed by atoms with van der Waals surface area (Å²) in [6, 6.07) is 2.56. The summed E-state index contributed by atoms with van der Waals surface area (Å²) in [6.45, 7) is 12.0. The molecule has 104 valence electrons. The number of aryl methyl sites for hydroxylation is 2. The van der Waals surface area contributed by atoms with E-state index in [1.54, 1.807) is 0 Å². The predicted molar refractivity (Wildman–Crippen MR) is 82.9 cm³/mol. The van der Waals surface area contributed by atoms with E-state index in [2.05, 4.69) is 55.6 Å². The monoisotopic (exact) mass is 277 g/mol. The van der Waals surface area contributed by atoms with Crippen molar-refractivity contribution in [2.24, 2.45) is 5.92 Å². The number of hydrogen-bond acceptors (Lipinski definition) is 3. The summed E-state index contributed by atoms with van der Waals surface area (Å²) in [7, 11) is 0. The Bertz CT molecular complexity index is 539. The zero-order valence-electron chi connectivity index (χ0n) is 12.4. The number of hydrogen-bond donors (Lipinski definition) is 1. The van der Waals surface area contributed by atoms with Crippen LogP contribution in [0.3, 0.4) is 0 Å². The first-order valence-corrected chi connectivity index (χ1v) is 7.63. The van der Waals surface area contributed by atoms with E-state index >= 15 is 0 Å². The molecule has 2 rings (SSSR count). The van der Waals surface area contributed by atoms with Crippen molar-refractivity contribution >= 4 is 17.3 Å². The van der Waals surface area contributed by atoms with Gasteiger partial charge in [-0.05, 0) is 38.3 Å². The van der Waals surface area contributed by atoms with Crippen LogP contribution in [0.25, 0.3) is 0 Å². The molecule has 0 amide bonds. The van der Waals surface area contributed by atoms with Crippen molar-refractivity contribution in [3.63, 3.8) is 0 Å². The normalized spacial score (nSPS) is 12.9. The van der Waals surface area contributed by atoms with E-state index in [1.165, 1.54) is 15.3 Å². The molecule has 0 saturated heterocycles. The lowest BCUT2D eigenvalue weighted by Crippen LogP contribution is -2.13. The Labute approximate surface area is 119 Å². The van der Waals surface area contributed by atoms with Crippen LogP contribution in [0, 0.1) is 19.8 Å². The average molecular weight is 277 g/mol. The predicted octanol–water partition coefficient (Wildman–Crippen LogP) is 4.39. The first kappa shape index (κ1) is 14.1. The molecule has 1 atom stereocenters. The van der Waals surface area contributed by atoms with Crippen molar-refractivity contribution in [2.45, 2.75) is 47.2 Å². The molecule has 1 unspecified atom stereocenters. The molecule has 2 aromatic heterocycles. The van der Waals surface area contributed by atoms with E-state index in [-0.39, 0.29) is 0 Å². The molecule has 0 aromatic carbocycles. The van der Waals surface area contributed by atoms with E-state index < -0.39 is 0 Å². The molecule has 0 bridgehead atoms. The summed E-state index contributed by atoms with van der Waals surface area (Å²) in [6.07, 6.45) is 3.91. The molecule has 0 radical (unpaired) electrons. The maximum absolute atomic E-state index is 4.43. The maximum atomic E-state index is 4.43. The number of imidazole rings is 1. The molecule has 2 heterocycles. The standard InChI is InChI=1S/C15H23N3S/c1-10(2)9-18-7-6-16-15(18)17-12(4)14-8-11(3)19-13(14)5/h6-8,10,12H,9H2,1-5H3,(H,16,17). The molecule has 4 heteroatoms. The van der Waals surface area contributed by atoms with E-state index in [0.717, 1.165) is 12.5 Å². The van der Waals surface area contributed by atoms with Crippen molar-refractivity contribution in [1.82, 2.24) is 9.55 Å². The van der Waals surface area contributed by atoms with Crippen LogP contribution in [0.5, 0.6) is 0 Å². The molecule has 3 nitrogen and oxygen atoms in total. The SMILES string of the molecule is Cc1cc(C(C)Nc2nccn2CC(C)C)c(C)s1. The zero-order valence-corrected chi connectivity index (χ0v) is 13.2. The van der Waals surface area contributed by atoms with Crippen molar-refractivity contribution < 1.29 is 0 Å². The van der Waals surface area contributed by atoms with Crippen LogP contribution in [-0.2, 0) is 6.54 Å². The van der Waals surface area contributed by atoms with Gasteiger partial charge in [0.2, 0.25) is 5.95 Å². The Balaban J connectivity index is 2.13. The van der Waals surface area contributed by atoms with Crippen LogP contribution >= 0.6 is 11.3 Å². The van der Waals surface area contributed by atoms with E-state index in [9.17, 15) is 0 Å². The van der Waals surface area contributed by atoms with Gasteiger partial charge >= 0.3 is 0 Å². The summed E-state index contributed by atoms with van der Waals surface area (Å²) >= 11 is 1.86. The Hall–Kier alpha value is -1.29. The van der Waals surface area contributed by atoms with Crippen molar-refractivity contribution in [1.29, 1.82) is 0 Å². The van der Waals surface area contributed by atoms with Gasteiger partial charge in [-0.25, -0.2) is 4.98 Å². The van der Waals surface area contributed by atoms with Crippen LogP contribution in [0.4, 0.5) is 5.95 Å².